The average molecular weight is 214 g/mol. The summed E-state index contributed by atoms with van der Waals surface area (Å²) in [5.74, 6) is 0.745. The smallest absolute Gasteiger partial charge is 0.196 e. The van der Waals surface area contributed by atoms with Crippen LogP contribution in [-0.4, -0.2) is 5.78 Å². The lowest BCUT2D eigenvalue weighted by Crippen LogP contribution is -2.04. The minimum Gasteiger partial charge on any atom is -0.469 e. The summed E-state index contributed by atoms with van der Waals surface area (Å²) in [6.07, 6.45) is 2.48. The van der Waals surface area contributed by atoms with Gasteiger partial charge in [0.1, 0.15) is 5.76 Å². The SMILES string of the molecule is CCc1coc(C)c1C(=O)c1ccccc1. The molecule has 2 nitrogen and oxygen atoms in total. The van der Waals surface area contributed by atoms with Gasteiger partial charge in [-0.2, -0.15) is 0 Å². The van der Waals surface area contributed by atoms with Gasteiger partial charge in [-0.3, -0.25) is 4.79 Å². The van der Waals surface area contributed by atoms with Gasteiger partial charge in [-0.25, -0.2) is 0 Å². The lowest BCUT2D eigenvalue weighted by molar-refractivity contribution is 0.103. The fourth-order valence-electron chi connectivity index (χ4n) is 1.80. The lowest BCUT2D eigenvalue weighted by Gasteiger charge is -2.01. The van der Waals surface area contributed by atoms with Crippen LogP contribution in [0, 0.1) is 6.92 Å². The number of rotatable bonds is 3. The second-order valence-corrected chi connectivity index (χ2v) is 3.74. The number of ketones is 1. The van der Waals surface area contributed by atoms with Gasteiger partial charge >= 0.3 is 0 Å². The van der Waals surface area contributed by atoms with E-state index in [9.17, 15) is 4.79 Å². The molecule has 2 heteroatoms. The van der Waals surface area contributed by atoms with Gasteiger partial charge < -0.3 is 4.42 Å². The predicted octanol–water partition coefficient (Wildman–Crippen LogP) is 3.38. The fourth-order valence-corrected chi connectivity index (χ4v) is 1.80. The molecule has 0 bridgehead atoms. The summed E-state index contributed by atoms with van der Waals surface area (Å²) < 4.78 is 5.31. The van der Waals surface area contributed by atoms with E-state index in [1.165, 1.54) is 0 Å². The van der Waals surface area contributed by atoms with Crippen LogP contribution in [0.3, 0.4) is 0 Å². The molecule has 0 N–H and O–H groups in total. The van der Waals surface area contributed by atoms with E-state index in [-0.39, 0.29) is 5.78 Å². The van der Waals surface area contributed by atoms with Crippen LogP contribution in [0.5, 0.6) is 0 Å². The summed E-state index contributed by atoms with van der Waals surface area (Å²) in [7, 11) is 0. The largest absolute Gasteiger partial charge is 0.469 e. The van der Waals surface area contributed by atoms with Crippen molar-refractivity contribution in [1.82, 2.24) is 0 Å². The molecule has 0 fully saturated rings. The first-order chi connectivity index (χ1) is 7.74. The third kappa shape index (κ3) is 1.78. The third-order valence-electron chi connectivity index (χ3n) is 2.70. The summed E-state index contributed by atoms with van der Waals surface area (Å²) >= 11 is 0. The molecule has 0 saturated carbocycles. The summed E-state index contributed by atoms with van der Waals surface area (Å²) in [5.41, 5.74) is 2.40. The molecule has 1 heterocycles. The minimum atomic E-state index is 0.0451. The molecule has 0 aliphatic rings. The summed E-state index contributed by atoms with van der Waals surface area (Å²) in [6, 6.07) is 9.30. The van der Waals surface area contributed by atoms with E-state index in [4.69, 9.17) is 4.42 Å². The molecule has 0 unspecified atom stereocenters. The van der Waals surface area contributed by atoms with Crippen molar-refractivity contribution in [3.8, 4) is 0 Å². The Bertz CT molecular complexity index is 495. The molecule has 1 aromatic carbocycles. The van der Waals surface area contributed by atoms with Gasteiger partial charge in [0.15, 0.2) is 5.78 Å². The quantitative estimate of drug-likeness (QED) is 0.733. The minimum absolute atomic E-state index is 0.0451. The van der Waals surface area contributed by atoms with E-state index in [0.717, 1.165) is 12.0 Å². The number of carbonyl (C=O) groups is 1. The summed E-state index contributed by atoms with van der Waals surface area (Å²) in [4.78, 5) is 12.2. The van der Waals surface area contributed by atoms with Crippen molar-refractivity contribution in [3.05, 3.63) is 59.0 Å². The van der Waals surface area contributed by atoms with E-state index < -0.39 is 0 Å². The zero-order valence-corrected chi connectivity index (χ0v) is 9.49. The molecule has 0 aliphatic carbocycles. The van der Waals surface area contributed by atoms with Gasteiger partial charge in [0.05, 0.1) is 11.8 Å². The van der Waals surface area contributed by atoms with Crippen LogP contribution in [0.2, 0.25) is 0 Å². The van der Waals surface area contributed by atoms with Crippen molar-refractivity contribution in [2.75, 3.05) is 0 Å². The van der Waals surface area contributed by atoms with Gasteiger partial charge in [-0.05, 0) is 13.3 Å². The van der Waals surface area contributed by atoms with Crippen molar-refractivity contribution >= 4 is 5.78 Å². The average Bonchev–Trinajstić information content (AvgIpc) is 2.70. The second-order valence-electron chi connectivity index (χ2n) is 3.74. The molecule has 1 aromatic heterocycles. The van der Waals surface area contributed by atoms with Crippen molar-refractivity contribution in [2.24, 2.45) is 0 Å². The molecule has 2 aromatic rings. The number of aryl methyl sites for hydroxylation is 2. The van der Waals surface area contributed by atoms with Crippen LogP contribution in [-0.2, 0) is 6.42 Å². The van der Waals surface area contributed by atoms with Gasteiger partial charge in [0.2, 0.25) is 0 Å². The monoisotopic (exact) mass is 214 g/mol. The molecule has 0 saturated heterocycles. The maximum atomic E-state index is 12.2. The molecule has 2 rings (SSSR count). The molecule has 0 aliphatic heterocycles. The Morgan fingerprint density at radius 3 is 2.56 bits per heavy atom. The normalized spacial score (nSPS) is 10.4. The molecular weight excluding hydrogens is 200 g/mol. The molecule has 0 spiro atoms. The zero-order valence-electron chi connectivity index (χ0n) is 9.49. The number of hydrogen-bond donors (Lipinski definition) is 0. The van der Waals surface area contributed by atoms with Crippen LogP contribution in [0.4, 0.5) is 0 Å². The highest BCUT2D eigenvalue weighted by Gasteiger charge is 2.18. The Morgan fingerprint density at radius 1 is 1.25 bits per heavy atom. The first kappa shape index (κ1) is 10.7. The van der Waals surface area contributed by atoms with E-state index in [1.54, 1.807) is 6.26 Å². The van der Waals surface area contributed by atoms with E-state index in [0.29, 0.717) is 16.9 Å². The Kier molecular flexibility index (Phi) is 2.91. The van der Waals surface area contributed by atoms with Crippen molar-refractivity contribution in [1.29, 1.82) is 0 Å². The maximum Gasteiger partial charge on any atom is 0.196 e. The summed E-state index contributed by atoms with van der Waals surface area (Å²) in [6.45, 7) is 3.85. The number of furan rings is 1. The van der Waals surface area contributed by atoms with Crippen LogP contribution in [0.1, 0.15) is 34.2 Å². The number of carbonyl (C=O) groups excluding carboxylic acids is 1. The van der Waals surface area contributed by atoms with E-state index >= 15 is 0 Å². The molecule has 82 valence electrons. The zero-order chi connectivity index (χ0) is 11.5. The number of hydrogen-bond acceptors (Lipinski definition) is 2. The third-order valence-corrected chi connectivity index (χ3v) is 2.70. The van der Waals surface area contributed by atoms with Gasteiger partial charge in [-0.15, -0.1) is 0 Å². The Balaban J connectivity index is 2.45. The fraction of sp³-hybridized carbons (Fsp3) is 0.214. The maximum absolute atomic E-state index is 12.2. The molecular formula is C14H14O2. The van der Waals surface area contributed by atoms with Gasteiger partial charge in [-0.1, -0.05) is 37.3 Å². The number of benzene rings is 1. The summed E-state index contributed by atoms with van der Waals surface area (Å²) in [5, 5.41) is 0. The van der Waals surface area contributed by atoms with E-state index in [1.807, 2.05) is 44.2 Å². The Morgan fingerprint density at radius 2 is 1.94 bits per heavy atom. The second kappa shape index (κ2) is 4.35. The highest BCUT2D eigenvalue weighted by Crippen LogP contribution is 2.20. The Hall–Kier alpha value is -1.83. The molecule has 0 amide bonds. The van der Waals surface area contributed by atoms with Gasteiger partial charge in [0, 0.05) is 11.1 Å². The van der Waals surface area contributed by atoms with Crippen LogP contribution in [0.25, 0.3) is 0 Å². The first-order valence-electron chi connectivity index (χ1n) is 5.40. The van der Waals surface area contributed by atoms with Crippen LogP contribution < -0.4 is 0 Å². The first-order valence-corrected chi connectivity index (χ1v) is 5.40. The molecule has 0 radical (unpaired) electrons. The van der Waals surface area contributed by atoms with Crippen molar-refractivity contribution < 1.29 is 9.21 Å². The van der Waals surface area contributed by atoms with E-state index in [2.05, 4.69) is 0 Å². The van der Waals surface area contributed by atoms with Crippen molar-refractivity contribution in [3.63, 3.8) is 0 Å². The lowest BCUT2D eigenvalue weighted by atomic mass is 9.99. The Labute approximate surface area is 94.9 Å². The predicted molar refractivity (Wildman–Crippen MR) is 62.7 cm³/mol. The van der Waals surface area contributed by atoms with Crippen LogP contribution >= 0.6 is 0 Å². The highest BCUT2D eigenvalue weighted by molar-refractivity contribution is 6.10. The van der Waals surface area contributed by atoms with Crippen molar-refractivity contribution in [2.45, 2.75) is 20.3 Å². The van der Waals surface area contributed by atoms with Gasteiger partial charge in [0.25, 0.3) is 0 Å². The highest BCUT2D eigenvalue weighted by atomic mass is 16.3. The molecule has 16 heavy (non-hydrogen) atoms. The molecule has 0 atom stereocenters. The topological polar surface area (TPSA) is 30.2 Å². The standard InChI is InChI=1S/C14H14O2/c1-3-11-9-16-10(2)13(11)14(15)12-7-5-4-6-8-12/h4-9H,3H2,1-2H3. The van der Waals surface area contributed by atoms with Crippen LogP contribution in [0.15, 0.2) is 41.0 Å².